The van der Waals surface area contributed by atoms with Gasteiger partial charge in [0.2, 0.25) is 10.0 Å². The summed E-state index contributed by atoms with van der Waals surface area (Å²) >= 11 is 5.84. The molecule has 0 atom stereocenters. The number of nitrogens with zero attached hydrogens (tertiary/aromatic N) is 5. The standard InChI is InChI=1S/C17H13ClFN5O4S/c1-3-13-21-14-10(6-7-20-16(14)24(13)29(2,26)27)15-22-28-17(25)23(15)9-4-5-12(19)11(18)8-9/h4-8H,3H2,1-2H3. The Kier molecular flexibility index (Phi) is 4.50. The number of aromatic nitrogens is 5. The van der Waals surface area contributed by atoms with Crippen LogP contribution in [-0.4, -0.2) is 38.3 Å². The third-order valence-electron chi connectivity index (χ3n) is 4.23. The summed E-state index contributed by atoms with van der Waals surface area (Å²) in [6, 6.07) is 5.23. The van der Waals surface area contributed by atoms with Crippen LogP contribution in [0.15, 0.2) is 39.8 Å². The first-order valence-electron chi connectivity index (χ1n) is 8.33. The highest BCUT2D eigenvalue weighted by Gasteiger charge is 2.24. The molecule has 0 aliphatic carbocycles. The SMILES string of the molecule is CCc1nc2c(-c3noc(=O)n3-c3ccc(F)c(Cl)c3)ccnc2n1S(C)(=O)=O. The number of hydrogen-bond acceptors (Lipinski definition) is 7. The van der Waals surface area contributed by atoms with Crippen molar-refractivity contribution in [2.24, 2.45) is 0 Å². The largest absolute Gasteiger partial charge is 0.446 e. The van der Waals surface area contributed by atoms with Gasteiger partial charge < -0.3 is 0 Å². The predicted octanol–water partition coefficient (Wildman–Crippen LogP) is 2.40. The Morgan fingerprint density at radius 1 is 1.28 bits per heavy atom. The van der Waals surface area contributed by atoms with Gasteiger partial charge in [-0.1, -0.05) is 23.7 Å². The highest BCUT2D eigenvalue weighted by atomic mass is 35.5. The number of aryl methyl sites for hydroxylation is 1. The third kappa shape index (κ3) is 3.12. The van der Waals surface area contributed by atoms with E-state index in [4.69, 9.17) is 16.1 Å². The van der Waals surface area contributed by atoms with Crippen molar-refractivity contribution in [2.45, 2.75) is 13.3 Å². The van der Waals surface area contributed by atoms with E-state index in [9.17, 15) is 17.6 Å². The summed E-state index contributed by atoms with van der Waals surface area (Å²) in [5.41, 5.74) is 0.866. The van der Waals surface area contributed by atoms with Crippen LogP contribution >= 0.6 is 11.6 Å². The second kappa shape index (κ2) is 6.78. The van der Waals surface area contributed by atoms with E-state index in [1.807, 2.05) is 0 Å². The Hall–Kier alpha value is -3.05. The van der Waals surface area contributed by atoms with Crippen molar-refractivity contribution < 1.29 is 17.3 Å². The summed E-state index contributed by atoms with van der Waals surface area (Å²) in [7, 11) is -3.68. The summed E-state index contributed by atoms with van der Waals surface area (Å²) in [5.74, 6) is -1.14. The number of rotatable bonds is 4. The van der Waals surface area contributed by atoms with Gasteiger partial charge in [0.1, 0.15) is 17.2 Å². The van der Waals surface area contributed by atoms with Crippen LogP contribution in [0.3, 0.4) is 0 Å². The van der Waals surface area contributed by atoms with Crippen LogP contribution in [0.5, 0.6) is 0 Å². The highest BCUT2D eigenvalue weighted by Crippen LogP contribution is 2.29. The first-order valence-corrected chi connectivity index (χ1v) is 10.6. The van der Waals surface area contributed by atoms with Gasteiger partial charge in [-0.15, -0.1) is 0 Å². The molecule has 3 aromatic heterocycles. The number of halogens is 2. The Labute approximate surface area is 168 Å². The zero-order valence-electron chi connectivity index (χ0n) is 15.1. The van der Waals surface area contributed by atoms with Gasteiger partial charge in [0.25, 0.3) is 0 Å². The van der Waals surface area contributed by atoms with Crippen LogP contribution < -0.4 is 5.76 Å². The minimum absolute atomic E-state index is 0.0471. The number of benzene rings is 1. The van der Waals surface area contributed by atoms with Gasteiger partial charge in [-0.3, -0.25) is 4.52 Å². The molecule has 0 aliphatic rings. The molecule has 0 bridgehead atoms. The molecule has 4 rings (SSSR count). The van der Waals surface area contributed by atoms with Crippen molar-refractivity contribution >= 4 is 32.8 Å². The number of pyridine rings is 1. The summed E-state index contributed by atoms with van der Waals surface area (Å²) in [6.45, 7) is 1.76. The minimum Gasteiger partial charge on any atom is -0.295 e. The van der Waals surface area contributed by atoms with Gasteiger partial charge in [-0.05, 0) is 24.3 Å². The predicted molar refractivity (Wildman–Crippen MR) is 103 cm³/mol. The summed E-state index contributed by atoms with van der Waals surface area (Å²) < 4.78 is 45.0. The third-order valence-corrected chi connectivity index (χ3v) is 5.56. The molecule has 0 spiro atoms. The van der Waals surface area contributed by atoms with E-state index in [0.717, 1.165) is 20.9 Å². The summed E-state index contributed by atoms with van der Waals surface area (Å²) in [6.07, 6.45) is 2.76. The van der Waals surface area contributed by atoms with Crippen LogP contribution in [0.1, 0.15) is 12.7 Å². The molecule has 1 aromatic carbocycles. The number of hydrogen-bond donors (Lipinski definition) is 0. The molecule has 0 aliphatic heterocycles. The zero-order chi connectivity index (χ0) is 20.9. The smallest absolute Gasteiger partial charge is 0.295 e. The van der Waals surface area contributed by atoms with Crippen molar-refractivity contribution in [3.8, 4) is 17.1 Å². The first-order chi connectivity index (χ1) is 13.7. The van der Waals surface area contributed by atoms with Crippen molar-refractivity contribution in [3.63, 3.8) is 0 Å². The lowest BCUT2D eigenvalue weighted by molar-refractivity contribution is 0.383. The van der Waals surface area contributed by atoms with E-state index in [1.54, 1.807) is 6.92 Å². The Balaban J connectivity index is 2.04. The topological polar surface area (TPSA) is 113 Å². The summed E-state index contributed by atoms with van der Waals surface area (Å²) in [4.78, 5) is 20.8. The van der Waals surface area contributed by atoms with Crippen molar-refractivity contribution in [1.82, 2.24) is 23.7 Å². The average Bonchev–Trinajstić information content (AvgIpc) is 3.24. The Bertz CT molecular complexity index is 1420. The zero-order valence-corrected chi connectivity index (χ0v) is 16.7. The molecular formula is C17H13ClFN5O4S. The molecule has 0 saturated heterocycles. The van der Waals surface area contributed by atoms with E-state index in [-0.39, 0.29) is 33.5 Å². The van der Waals surface area contributed by atoms with Crippen LogP contribution in [0.25, 0.3) is 28.2 Å². The van der Waals surface area contributed by atoms with Crippen LogP contribution in [0.4, 0.5) is 4.39 Å². The second-order valence-corrected chi connectivity index (χ2v) is 8.38. The fourth-order valence-electron chi connectivity index (χ4n) is 3.02. The van der Waals surface area contributed by atoms with Crippen LogP contribution in [-0.2, 0) is 16.4 Å². The maximum absolute atomic E-state index is 13.5. The van der Waals surface area contributed by atoms with Crippen molar-refractivity contribution in [3.05, 3.63) is 57.7 Å². The normalized spacial score (nSPS) is 12.0. The molecule has 0 radical (unpaired) electrons. The van der Waals surface area contributed by atoms with Gasteiger partial charge >= 0.3 is 5.76 Å². The molecular weight excluding hydrogens is 425 g/mol. The van der Waals surface area contributed by atoms with Gasteiger partial charge in [0, 0.05) is 12.6 Å². The van der Waals surface area contributed by atoms with E-state index in [1.165, 1.54) is 24.4 Å². The van der Waals surface area contributed by atoms with Gasteiger partial charge in [0.05, 0.1) is 22.5 Å². The van der Waals surface area contributed by atoms with Gasteiger partial charge in [-0.25, -0.2) is 36.1 Å². The maximum Gasteiger partial charge on any atom is 0.446 e. The van der Waals surface area contributed by atoms with E-state index in [0.29, 0.717) is 12.0 Å². The maximum atomic E-state index is 13.5. The van der Waals surface area contributed by atoms with Gasteiger partial charge in [0.15, 0.2) is 11.5 Å². The molecule has 9 nitrogen and oxygen atoms in total. The Morgan fingerprint density at radius 2 is 2.03 bits per heavy atom. The molecule has 150 valence electrons. The molecule has 4 aromatic rings. The number of fused-ring (bicyclic) bond motifs is 1. The lowest BCUT2D eigenvalue weighted by Gasteiger charge is -2.06. The van der Waals surface area contributed by atoms with E-state index in [2.05, 4.69) is 15.1 Å². The molecule has 12 heteroatoms. The first kappa shape index (κ1) is 19.3. The van der Waals surface area contributed by atoms with Crippen LogP contribution in [0, 0.1) is 5.82 Å². The van der Waals surface area contributed by atoms with E-state index < -0.39 is 21.6 Å². The highest BCUT2D eigenvalue weighted by molar-refractivity contribution is 7.89. The second-order valence-electron chi connectivity index (χ2n) is 6.15. The van der Waals surface area contributed by atoms with Crippen LogP contribution in [0.2, 0.25) is 5.02 Å². The fourth-order valence-corrected chi connectivity index (χ4v) is 4.20. The molecule has 0 N–H and O–H groups in total. The molecule has 0 fully saturated rings. The molecule has 0 amide bonds. The minimum atomic E-state index is -3.68. The molecule has 0 unspecified atom stereocenters. The lowest BCUT2D eigenvalue weighted by atomic mass is 10.2. The molecule has 3 heterocycles. The Morgan fingerprint density at radius 3 is 2.69 bits per heavy atom. The van der Waals surface area contributed by atoms with Crippen molar-refractivity contribution in [1.29, 1.82) is 0 Å². The fraction of sp³-hybridized carbons (Fsp3) is 0.176. The monoisotopic (exact) mass is 437 g/mol. The quantitative estimate of drug-likeness (QED) is 0.481. The molecule has 0 saturated carbocycles. The van der Waals surface area contributed by atoms with Crippen molar-refractivity contribution in [2.75, 3.05) is 6.26 Å². The molecule has 29 heavy (non-hydrogen) atoms. The van der Waals surface area contributed by atoms with Gasteiger partial charge in [-0.2, -0.15) is 0 Å². The summed E-state index contributed by atoms with van der Waals surface area (Å²) in [5, 5.41) is 3.62. The number of imidazole rings is 1. The lowest BCUT2D eigenvalue weighted by Crippen LogP contribution is -2.14. The van der Waals surface area contributed by atoms with E-state index >= 15 is 0 Å². The average molecular weight is 438 g/mol.